The van der Waals surface area contributed by atoms with Crippen molar-refractivity contribution in [2.75, 3.05) is 11.1 Å². The van der Waals surface area contributed by atoms with Gasteiger partial charge in [-0.25, -0.2) is 8.78 Å². The van der Waals surface area contributed by atoms with Crippen molar-refractivity contribution >= 4 is 11.4 Å². The van der Waals surface area contributed by atoms with Gasteiger partial charge < -0.3 is 11.1 Å². The number of aromatic nitrogens is 2. The number of nitrogens with two attached hydrogens (primary N) is 1. The van der Waals surface area contributed by atoms with Gasteiger partial charge in [0.05, 0.1) is 17.1 Å². The number of nitrogen functional groups attached to an aromatic ring is 1. The lowest BCUT2D eigenvalue weighted by Gasteiger charge is -2.10. The lowest BCUT2D eigenvalue weighted by Crippen LogP contribution is -2.06. The van der Waals surface area contributed by atoms with Crippen LogP contribution in [0.5, 0.6) is 0 Å². The Labute approximate surface area is 103 Å². The zero-order valence-corrected chi connectivity index (χ0v) is 10.2. The number of rotatable bonds is 3. The van der Waals surface area contributed by atoms with E-state index in [4.69, 9.17) is 5.73 Å². The second-order valence-electron chi connectivity index (χ2n) is 4.09. The van der Waals surface area contributed by atoms with Crippen molar-refractivity contribution in [3.05, 3.63) is 41.2 Å². The maximum atomic E-state index is 13.5. The summed E-state index contributed by atoms with van der Waals surface area (Å²) in [7, 11) is 1.80. The van der Waals surface area contributed by atoms with Gasteiger partial charge >= 0.3 is 0 Å². The summed E-state index contributed by atoms with van der Waals surface area (Å²) in [6.45, 7) is 2.19. The molecular formula is C12H14F2N4. The Bertz CT molecular complexity index is 578. The largest absolute Gasteiger partial charge is 0.397 e. The summed E-state index contributed by atoms with van der Waals surface area (Å²) in [5.41, 5.74) is 7.51. The molecule has 0 amide bonds. The topological polar surface area (TPSA) is 55.9 Å². The van der Waals surface area contributed by atoms with E-state index in [1.165, 1.54) is 6.07 Å². The normalized spacial score (nSPS) is 10.7. The van der Waals surface area contributed by atoms with E-state index < -0.39 is 11.6 Å². The number of aryl methyl sites for hydroxylation is 2. The lowest BCUT2D eigenvalue weighted by molar-refractivity contribution is 0.511. The fourth-order valence-corrected chi connectivity index (χ4v) is 1.75. The number of benzene rings is 1. The minimum Gasteiger partial charge on any atom is -0.397 e. The molecule has 0 saturated heterocycles. The van der Waals surface area contributed by atoms with Crippen LogP contribution in [0.4, 0.5) is 20.2 Å². The van der Waals surface area contributed by atoms with Crippen LogP contribution in [0.1, 0.15) is 11.3 Å². The summed E-state index contributed by atoms with van der Waals surface area (Å²) >= 11 is 0. The quantitative estimate of drug-likeness (QED) is 0.823. The highest BCUT2D eigenvalue weighted by Crippen LogP contribution is 2.25. The second kappa shape index (κ2) is 4.64. The molecule has 0 aliphatic heterocycles. The van der Waals surface area contributed by atoms with E-state index in [2.05, 4.69) is 10.4 Å². The van der Waals surface area contributed by atoms with Gasteiger partial charge in [0.25, 0.3) is 0 Å². The minimum atomic E-state index is -0.962. The monoisotopic (exact) mass is 252 g/mol. The highest BCUT2D eigenvalue weighted by Gasteiger charge is 2.12. The van der Waals surface area contributed by atoms with Crippen LogP contribution in [0, 0.1) is 18.6 Å². The van der Waals surface area contributed by atoms with E-state index in [1.807, 2.05) is 13.1 Å². The molecule has 0 aliphatic rings. The van der Waals surface area contributed by atoms with Crippen molar-refractivity contribution in [1.29, 1.82) is 0 Å². The Balaban J connectivity index is 2.20. The van der Waals surface area contributed by atoms with E-state index in [0.717, 1.165) is 17.3 Å². The molecular weight excluding hydrogens is 238 g/mol. The van der Waals surface area contributed by atoms with Gasteiger partial charge in [0.1, 0.15) is 0 Å². The number of halogens is 2. The number of nitrogens with one attached hydrogen (secondary N) is 1. The standard InChI is InChI=1S/C12H14F2N4/c1-7-8(6-18(2)17-7)5-16-12-10(15)4-3-9(13)11(12)14/h3-4,6,16H,5,15H2,1-2H3. The summed E-state index contributed by atoms with van der Waals surface area (Å²) in [6.07, 6.45) is 1.82. The third-order valence-electron chi connectivity index (χ3n) is 2.70. The average Bonchev–Trinajstić information content (AvgIpc) is 2.63. The van der Waals surface area contributed by atoms with Crippen LogP contribution >= 0.6 is 0 Å². The summed E-state index contributed by atoms with van der Waals surface area (Å²) in [4.78, 5) is 0. The molecule has 3 N–H and O–H groups in total. The molecule has 0 radical (unpaired) electrons. The Morgan fingerprint density at radius 2 is 2.11 bits per heavy atom. The molecule has 0 unspecified atom stereocenters. The molecule has 0 saturated carbocycles. The van der Waals surface area contributed by atoms with Gasteiger partial charge in [-0.3, -0.25) is 4.68 Å². The van der Waals surface area contributed by atoms with Gasteiger partial charge in [0, 0.05) is 25.4 Å². The van der Waals surface area contributed by atoms with Gasteiger partial charge in [-0.15, -0.1) is 0 Å². The predicted molar refractivity (Wildman–Crippen MR) is 66.0 cm³/mol. The van der Waals surface area contributed by atoms with Gasteiger partial charge in [-0.2, -0.15) is 5.10 Å². The molecule has 0 atom stereocenters. The van der Waals surface area contributed by atoms with Gasteiger partial charge in [-0.05, 0) is 19.1 Å². The SMILES string of the molecule is Cc1nn(C)cc1CNc1c(N)ccc(F)c1F. The lowest BCUT2D eigenvalue weighted by atomic mass is 10.2. The molecule has 0 fully saturated rings. The first-order valence-corrected chi connectivity index (χ1v) is 5.45. The van der Waals surface area contributed by atoms with E-state index in [1.54, 1.807) is 11.7 Å². The second-order valence-corrected chi connectivity index (χ2v) is 4.09. The molecule has 1 aromatic heterocycles. The van der Waals surface area contributed by atoms with Gasteiger partial charge in [0.15, 0.2) is 11.6 Å². The van der Waals surface area contributed by atoms with E-state index in [0.29, 0.717) is 6.54 Å². The third kappa shape index (κ3) is 2.27. The van der Waals surface area contributed by atoms with Gasteiger partial charge in [0.2, 0.25) is 0 Å². The number of anilines is 2. The first kappa shape index (κ1) is 12.3. The van der Waals surface area contributed by atoms with Crippen LogP contribution in [0.2, 0.25) is 0 Å². The molecule has 0 bridgehead atoms. The zero-order valence-electron chi connectivity index (χ0n) is 10.2. The first-order valence-electron chi connectivity index (χ1n) is 5.45. The summed E-state index contributed by atoms with van der Waals surface area (Å²) in [5.74, 6) is -1.88. The number of nitrogens with zero attached hydrogens (tertiary/aromatic N) is 2. The fraction of sp³-hybridized carbons (Fsp3) is 0.250. The van der Waals surface area contributed by atoms with E-state index in [9.17, 15) is 8.78 Å². The van der Waals surface area contributed by atoms with Crippen LogP contribution in [-0.2, 0) is 13.6 Å². The van der Waals surface area contributed by atoms with E-state index in [-0.39, 0.29) is 11.4 Å². The molecule has 1 aromatic carbocycles. The van der Waals surface area contributed by atoms with Crippen molar-refractivity contribution in [3.63, 3.8) is 0 Å². The summed E-state index contributed by atoms with van der Waals surface area (Å²) in [5, 5.41) is 6.96. The molecule has 96 valence electrons. The fourth-order valence-electron chi connectivity index (χ4n) is 1.75. The van der Waals surface area contributed by atoms with Crippen molar-refractivity contribution in [3.8, 4) is 0 Å². The first-order chi connectivity index (χ1) is 8.49. The summed E-state index contributed by atoms with van der Waals surface area (Å²) in [6, 6.07) is 2.34. The van der Waals surface area contributed by atoms with Crippen molar-refractivity contribution < 1.29 is 8.78 Å². The molecule has 2 rings (SSSR count). The van der Waals surface area contributed by atoms with Crippen molar-refractivity contribution in [2.45, 2.75) is 13.5 Å². The maximum absolute atomic E-state index is 13.5. The van der Waals surface area contributed by atoms with Crippen LogP contribution in [0.15, 0.2) is 18.3 Å². The van der Waals surface area contributed by atoms with Crippen LogP contribution in [0.3, 0.4) is 0 Å². The number of hydrogen-bond donors (Lipinski definition) is 2. The maximum Gasteiger partial charge on any atom is 0.183 e. The zero-order chi connectivity index (χ0) is 13.3. The molecule has 2 aromatic rings. The molecule has 0 spiro atoms. The summed E-state index contributed by atoms with van der Waals surface area (Å²) < 4.78 is 28.3. The number of hydrogen-bond acceptors (Lipinski definition) is 3. The molecule has 4 nitrogen and oxygen atoms in total. The predicted octanol–water partition coefficient (Wildman–Crippen LogP) is 2.20. The van der Waals surface area contributed by atoms with Crippen molar-refractivity contribution in [2.24, 2.45) is 7.05 Å². The average molecular weight is 252 g/mol. The molecule has 18 heavy (non-hydrogen) atoms. The third-order valence-corrected chi connectivity index (χ3v) is 2.70. The smallest absolute Gasteiger partial charge is 0.183 e. The Kier molecular flexibility index (Phi) is 3.18. The Morgan fingerprint density at radius 3 is 2.72 bits per heavy atom. The Morgan fingerprint density at radius 1 is 1.39 bits per heavy atom. The van der Waals surface area contributed by atoms with Crippen LogP contribution < -0.4 is 11.1 Å². The highest BCUT2D eigenvalue weighted by molar-refractivity contribution is 5.66. The van der Waals surface area contributed by atoms with Crippen molar-refractivity contribution in [1.82, 2.24) is 9.78 Å². The van der Waals surface area contributed by atoms with E-state index >= 15 is 0 Å². The highest BCUT2D eigenvalue weighted by atomic mass is 19.2. The van der Waals surface area contributed by atoms with Crippen LogP contribution in [-0.4, -0.2) is 9.78 Å². The Hall–Kier alpha value is -2.11. The van der Waals surface area contributed by atoms with Crippen LogP contribution in [0.25, 0.3) is 0 Å². The molecule has 6 heteroatoms. The molecule has 0 aliphatic carbocycles. The minimum absolute atomic E-state index is 0.0155. The van der Waals surface area contributed by atoms with Gasteiger partial charge in [-0.1, -0.05) is 0 Å². The molecule has 1 heterocycles.